The summed E-state index contributed by atoms with van der Waals surface area (Å²) in [6, 6.07) is 11.5. The molecule has 0 aliphatic carbocycles. The highest BCUT2D eigenvalue weighted by molar-refractivity contribution is 7.17. The normalized spacial score (nSPS) is 11.6. The maximum Gasteiger partial charge on any atom is 0.433 e. The minimum Gasteiger partial charge on any atom is -0.321 e. The zero-order valence-corrected chi connectivity index (χ0v) is 14.2. The van der Waals surface area contributed by atoms with Gasteiger partial charge in [-0.25, -0.2) is 0 Å². The van der Waals surface area contributed by atoms with Gasteiger partial charge in [-0.2, -0.15) is 18.3 Å². The molecule has 0 atom stereocenters. The van der Waals surface area contributed by atoms with Gasteiger partial charge in [0.1, 0.15) is 11.4 Å². The van der Waals surface area contributed by atoms with E-state index in [-0.39, 0.29) is 11.6 Å². The molecule has 0 radical (unpaired) electrons. The number of carbonyl (C=O) groups excluding carboxylic acids is 1. The summed E-state index contributed by atoms with van der Waals surface area (Å²) >= 11 is 1.10. The number of alkyl halides is 3. The van der Waals surface area contributed by atoms with Crippen molar-refractivity contribution in [3.8, 4) is 10.6 Å². The number of thiophene rings is 1. The van der Waals surface area contributed by atoms with Gasteiger partial charge in [0.05, 0.1) is 9.75 Å². The van der Waals surface area contributed by atoms with Gasteiger partial charge in [0, 0.05) is 12.7 Å². The first kappa shape index (κ1) is 17.2. The van der Waals surface area contributed by atoms with Crippen LogP contribution >= 0.6 is 11.3 Å². The summed E-state index contributed by atoms with van der Waals surface area (Å²) in [7, 11) is 1.24. The fourth-order valence-electron chi connectivity index (χ4n) is 2.35. The topological polar surface area (TPSA) is 46.9 Å². The predicted octanol–water partition coefficient (Wildman–Crippen LogP) is 4.73. The van der Waals surface area contributed by atoms with Crippen LogP contribution in [-0.2, 0) is 13.2 Å². The molecule has 1 N–H and O–H groups in total. The zero-order valence-electron chi connectivity index (χ0n) is 13.4. The molecule has 0 saturated heterocycles. The summed E-state index contributed by atoms with van der Waals surface area (Å²) in [6.07, 6.45) is -4.47. The van der Waals surface area contributed by atoms with E-state index < -0.39 is 11.9 Å². The summed E-state index contributed by atoms with van der Waals surface area (Å²) in [5.41, 5.74) is 0.975. The number of halogens is 3. The van der Waals surface area contributed by atoms with Crippen molar-refractivity contribution in [1.82, 2.24) is 9.78 Å². The van der Waals surface area contributed by atoms with Crippen LogP contribution in [-0.4, -0.2) is 15.7 Å². The van der Waals surface area contributed by atoms with Crippen LogP contribution in [0, 0.1) is 6.92 Å². The Morgan fingerprint density at radius 2 is 1.92 bits per heavy atom. The van der Waals surface area contributed by atoms with Gasteiger partial charge < -0.3 is 5.32 Å². The van der Waals surface area contributed by atoms with E-state index in [1.165, 1.54) is 7.05 Å². The summed E-state index contributed by atoms with van der Waals surface area (Å²) in [5, 5.41) is 6.69. The number of aryl methyl sites for hydroxylation is 2. The number of aromatic nitrogens is 2. The third-order valence-corrected chi connectivity index (χ3v) is 4.75. The monoisotopic (exact) mass is 365 g/mol. The SMILES string of the molecule is Cc1ccccc1NC(=O)c1ccc(-c2cc(C(F)(F)F)n(C)n2)s1. The molecule has 0 fully saturated rings. The molecule has 0 spiro atoms. The van der Waals surface area contributed by atoms with Crippen LogP contribution in [0.3, 0.4) is 0 Å². The first-order valence-electron chi connectivity index (χ1n) is 7.34. The fraction of sp³-hybridized carbons (Fsp3) is 0.176. The molecule has 0 unspecified atom stereocenters. The van der Waals surface area contributed by atoms with Gasteiger partial charge in [0.25, 0.3) is 5.91 Å². The highest BCUT2D eigenvalue weighted by Gasteiger charge is 2.35. The lowest BCUT2D eigenvalue weighted by molar-refractivity contribution is -0.143. The number of para-hydroxylation sites is 1. The van der Waals surface area contributed by atoms with E-state index in [0.717, 1.165) is 27.6 Å². The molecular formula is C17H14F3N3OS. The number of nitrogens with zero attached hydrogens (tertiary/aromatic N) is 2. The molecule has 2 heterocycles. The molecule has 130 valence electrons. The molecule has 3 rings (SSSR count). The lowest BCUT2D eigenvalue weighted by Crippen LogP contribution is -2.11. The van der Waals surface area contributed by atoms with E-state index in [9.17, 15) is 18.0 Å². The second-order valence-electron chi connectivity index (χ2n) is 5.47. The van der Waals surface area contributed by atoms with Crippen molar-refractivity contribution in [2.75, 3.05) is 5.32 Å². The summed E-state index contributed by atoms with van der Waals surface area (Å²) in [6.45, 7) is 1.88. The molecule has 0 bridgehead atoms. The number of hydrogen-bond acceptors (Lipinski definition) is 3. The van der Waals surface area contributed by atoms with Crippen molar-refractivity contribution in [2.45, 2.75) is 13.1 Å². The van der Waals surface area contributed by atoms with Crippen molar-refractivity contribution in [3.05, 3.63) is 58.6 Å². The Balaban J connectivity index is 1.83. The van der Waals surface area contributed by atoms with Crippen LogP contribution in [0.25, 0.3) is 10.6 Å². The Hall–Kier alpha value is -2.61. The second-order valence-corrected chi connectivity index (χ2v) is 6.55. The molecule has 0 aliphatic rings. The Morgan fingerprint density at radius 1 is 1.20 bits per heavy atom. The standard InChI is InChI=1S/C17H14F3N3OS/c1-10-5-3-4-6-11(10)21-16(24)14-8-7-13(25-14)12-9-15(17(18,19)20)23(2)22-12/h3-9H,1-2H3,(H,21,24). The minimum atomic E-state index is -4.47. The Kier molecular flexibility index (Phi) is 4.38. The van der Waals surface area contributed by atoms with Crippen LogP contribution in [0.1, 0.15) is 20.9 Å². The average Bonchev–Trinajstić information content (AvgIpc) is 3.15. The number of benzene rings is 1. The van der Waals surface area contributed by atoms with Crippen LogP contribution in [0.2, 0.25) is 0 Å². The number of amides is 1. The van der Waals surface area contributed by atoms with E-state index in [4.69, 9.17) is 0 Å². The first-order chi connectivity index (χ1) is 11.8. The zero-order chi connectivity index (χ0) is 18.2. The highest BCUT2D eigenvalue weighted by Crippen LogP contribution is 2.34. The van der Waals surface area contributed by atoms with Crippen LogP contribution in [0.15, 0.2) is 42.5 Å². The Labute approximate surface area is 145 Å². The van der Waals surface area contributed by atoms with Crippen molar-refractivity contribution >= 4 is 22.9 Å². The van der Waals surface area contributed by atoms with Crippen molar-refractivity contribution in [3.63, 3.8) is 0 Å². The third kappa shape index (κ3) is 3.58. The van der Waals surface area contributed by atoms with Gasteiger partial charge in [0.15, 0.2) is 0 Å². The quantitative estimate of drug-likeness (QED) is 0.729. The maximum absolute atomic E-state index is 12.9. The van der Waals surface area contributed by atoms with Gasteiger partial charge in [0.2, 0.25) is 0 Å². The lowest BCUT2D eigenvalue weighted by atomic mass is 10.2. The molecular weight excluding hydrogens is 351 g/mol. The molecule has 0 aliphatic heterocycles. The van der Waals surface area contributed by atoms with Gasteiger partial charge in [-0.1, -0.05) is 18.2 Å². The molecule has 1 aromatic carbocycles. The Morgan fingerprint density at radius 3 is 2.56 bits per heavy atom. The maximum atomic E-state index is 12.9. The minimum absolute atomic E-state index is 0.190. The molecule has 4 nitrogen and oxygen atoms in total. The number of nitrogens with one attached hydrogen (secondary N) is 1. The molecule has 3 aromatic rings. The van der Waals surface area contributed by atoms with Crippen LogP contribution in [0.5, 0.6) is 0 Å². The number of anilines is 1. The fourth-order valence-corrected chi connectivity index (χ4v) is 3.20. The summed E-state index contributed by atoms with van der Waals surface area (Å²) < 4.78 is 39.4. The Bertz CT molecular complexity index is 927. The summed E-state index contributed by atoms with van der Waals surface area (Å²) in [4.78, 5) is 13.2. The first-order valence-corrected chi connectivity index (χ1v) is 8.16. The van der Waals surface area contributed by atoms with E-state index in [1.807, 2.05) is 25.1 Å². The van der Waals surface area contributed by atoms with E-state index in [2.05, 4.69) is 10.4 Å². The smallest absolute Gasteiger partial charge is 0.321 e. The van der Waals surface area contributed by atoms with Gasteiger partial charge in [-0.15, -0.1) is 11.3 Å². The number of hydrogen-bond donors (Lipinski definition) is 1. The lowest BCUT2D eigenvalue weighted by Gasteiger charge is -2.06. The molecule has 0 saturated carbocycles. The molecule has 25 heavy (non-hydrogen) atoms. The van der Waals surface area contributed by atoms with E-state index in [1.54, 1.807) is 18.2 Å². The second kappa shape index (κ2) is 6.36. The molecule has 1 amide bonds. The van der Waals surface area contributed by atoms with Crippen molar-refractivity contribution < 1.29 is 18.0 Å². The van der Waals surface area contributed by atoms with E-state index >= 15 is 0 Å². The molecule has 2 aromatic heterocycles. The predicted molar refractivity (Wildman–Crippen MR) is 90.7 cm³/mol. The third-order valence-electron chi connectivity index (χ3n) is 3.65. The van der Waals surface area contributed by atoms with Gasteiger partial charge >= 0.3 is 6.18 Å². The highest BCUT2D eigenvalue weighted by atomic mass is 32.1. The van der Waals surface area contributed by atoms with Crippen LogP contribution in [0.4, 0.5) is 18.9 Å². The number of rotatable bonds is 3. The van der Waals surface area contributed by atoms with Crippen molar-refractivity contribution in [1.29, 1.82) is 0 Å². The largest absolute Gasteiger partial charge is 0.433 e. The van der Waals surface area contributed by atoms with Gasteiger partial charge in [-0.3, -0.25) is 9.48 Å². The van der Waals surface area contributed by atoms with Crippen LogP contribution < -0.4 is 5.32 Å². The van der Waals surface area contributed by atoms with Crippen molar-refractivity contribution in [2.24, 2.45) is 7.05 Å². The molecule has 8 heteroatoms. The van der Waals surface area contributed by atoms with E-state index in [0.29, 0.717) is 15.4 Å². The summed E-state index contributed by atoms with van der Waals surface area (Å²) in [5.74, 6) is -0.308. The van der Waals surface area contributed by atoms with Gasteiger partial charge in [-0.05, 0) is 36.8 Å². The average molecular weight is 365 g/mol. The number of carbonyl (C=O) groups is 1.